The molecular formula is C22H25N5O3S2. The fourth-order valence-electron chi connectivity index (χ4n) is 4.88. The summed E-state index contributed by atoms with van der Waals surface area (Å²) in [6.07, 6.45) is 6.47. The third-order valence-electron chi connectivity index (χ3n) is 6.39. The summed E-state index contributed by atoms with van der Waals surface area (Å²) in [5, 5.41) is 6.59. The summed E-state index contributed by atoms with van der Waals surface area (Å²) >= 11 is 1.09. The van der Waals surface area contributed by atoms with Crippen LogP contribution < -0.4 is 5.32 Å². The lowest BCUT2D eigenvalue weighted by Crippen LogP contribution is -2.36. The molecule has 8 nitrogen and oxygen atoms in total. The van der Waals surface area contributed by atoms with Crippen molar-refractivity contribution in [2.75, 3.05) is 18.9 Å². The summed E-state index contributed by atoms with van der Waals surface area (Å²) in [5.41, 5.74) is 6.27. The summed E-state index contributed by atoms with van der Waals surface area (Å²) in [7, 11) is -2.30. The maximum atomic E-state index is 13.4. The van der Waals surface area contributed by atoms with Crippen LogP contribution in [0.25, 0.3) is 0 Å². The Balaban J connectivity index is 1.49. The van der Waals surface area contributed by atoms with Crippen molar-refractivity contribution >= 4 is 38.9 Å². The number of nitrogens with one attached hydrogen (secondary N) is 1. The quantitative estimate of drug-likeness (QED) is 0.546. The number of nitrogens with zero attached hydrogens (tertiary/aromatic N) is 4. The number of aryl methyl sites for hydroxylation is 2. The van der Waals surface area contributed by atoms with Crippen LogP contribution in [-0.2, 0) is 48.7 Å². The number of urea groups is 1. The molecule has 32 heavy (non-hydrogen) atoms. The van der Waals surface area contributed by atoms with Crippen LogP contribution in [0.2, 0.25) is 0 Å². The molecule has 0 unspecified atom stereocenters. The molecule has 2 aromatic rings. The van der Waals surface area contributed by atoms with Crippen molar-refractivity contribution in [1.29, 1.82) is 0 Å². The van der Waals surface area contributed by atoms with E-state index in [0.29, 0.717) is 17.4 Å². The zero-order valence-corrected chi connectivity index (χ0v) is 19.6. The van der Waals surface area contributed by atoms with Gasteiger partial charge in [0.1, 0.15) is 0 Å². The lowest BCUT2D eigenvalue weighted by molar-refractivity contribution is 0.237. The van der Waals surface area contributed by atoms with Crippen molar-refractivity contribution in [2.45, 2.75) is 55.8 Å². The number of hydrogen-bond donors (Lipinski definition) is 1. The van der Waals surface area contributed by atoms with Crippen molar-refractivity contribution in [3.63, 3.8) is 0 Å². The second-order valence-corrected chi connectivity index (χ2v) is 11.5. The van der Waals surface area contributed by atoms with Gasteiger partial charge in [0.05, 0.1) is 5.69 Å². The highest BCUT2D eigenvalue weighted by molar-refractivity contribution is 7.91. The fourth-order valence-corrected chi connectivity index (χ4v) is 7.53. The number of hydrogen-bond acceptors (Lipinski definition) is 7. The van der Waals surface area contributed by atoms with Crippen molar-refractivity contribution in [2.24, 2.45) is 5.10 Å². The van der Waals surface area contributed by atoms with Crippen molar-refractivity contribution < 1.29 is 13.2 Å². The Morgan fingerprint density at radius 2 is 1.91 bits per heavy atom. The van der Waals surface area contributed by atoms with Crippen LogP contribution in [0.15, 0.2) is 22.1 Å². The molecule has 2 aliphatic carbocycles. The van der Waals surface area contributed by atoms with Crippen molar-refractivity contribution in [1.82, 2.24) is 14.3 Å². The van der Waals surface area contributed by atoms with Crippen LogP contribution >= 0.6 is 11.3 Å². The highest BCUT2D eigenvalue weighted by atomic mass is 32.2. The number of thiazole rings is 1. The van der Waals surface area contributed by atoms with Crippen LogP contribution in [0, 0.1) is 0 Å². The van der Waals surface area contributed by atoms with E-state index in [0.717, 1.165) is 83.8 Å². The molecule has 168 valence electrons. The smallest absolute Gasteiger partial charge is 0.305 e. The summed E-state index contributed by atoms with van der Waals surface area (Å²) in [6.45, 7) is 4.84. The maximum Gasteiger partial charge on any atom is 0.357 e. The number of hydrazone groups is 1. The maximum absolute atomic E-state index is 13.4. The van der Waals surface area contributed by atoms with Crippen LogP contribution in [-0.4, -0.2) is 48.2 Å². The lowest BCUT2D eigenvalue weighted by atomic mass is 9.99. The fraction of sp³-hybridized carbons (Fsp3) is 0.455. The Hall–Kier alpha value is -2.52. The molecule has 0 saturated heterocycles. The van der Waals surface area contributed by atoms with Gasteiger partial charge in [-0.15, -0.1) is 16.4 Å². The zero-order chi connectivity index (χ0) is 22.5. The molecule has 1 N–H and O–H groups in total. The minimum atomic E-state index is -4.28. The average Bonchev–Trinajstić information content (AvgIpc) is 3.50. The third-order valence-corrected chi connectivity index (χ3v) is 9.39. The van der Waals surface area contributed by atoms with Crippen molar-refractivity contribution in [3.8, 4) is 0 Å². The van der Waals surface area contributed by atoms with E-state index in [9.17, 15) is 13.2 Å². The van der Waals surface area contributed by atoms with Crippen LogP contribution in [0.1, 0.15) is 45.7 Å². The van der Waals surface area contributed by atoms with Crippen LogP contribution in [0.3, 0.4) is 0 Å². The van der Waals surface area contributed by atoms with E-state index in [4.69, 9.17) is 0 Å². The van der Waals surface area contributed by atoms with Crippen LogP contribution in [0.4, 0.5) is 10.5 Å². The number of anilines is 1. The Kier molecular flexibility index (Phi) is 5.41. The number of amides is 2. The summed E-state index contributed by atoms with van der Waals surface area (Å²) in [4.78, 5) is 20.6. The number of rotatable bonds is 4. The van der Waals surface area contributed by atoms with Gasteiger partial charge in [-0.25, -0.2) is 9.78 Å². The van der Waals surface area contributed by atoms with E-state index in [2.05, 4.69) is 38.8 Å². The number of benzene rings is 1. The topological polar surface area (TPSA) is 95.0 Å². The van der Waals surface area contributed by atoms with E-state index in [1.807, 2.05) is 7.05 Å². The monoisotopic (exact) mass is 471 g/mol. The molecule has 2 heterocycles. The van der Waals surface area contributed by atoms with Gasteiger partial charge in [-0.1, -0.05) is 10.5 Å². The highest BCUT2D eigenvalue weighted by Gasteiger charge is 2.36. The Morgan fingerprint density at radius 1 is 1.22 bits per heavy atom. The molecule has 10 heteroatoms. The molecular weight excluding hydrogens is 446 g/mol. The first-order valence-corrected chi connectivity index (χ1v) is 13.1. The second-order valence-electron chi connectivity index (χ2n) is 8.51. The van der Waals surface area contributed by atoms with Gasteiger partial charge in [-0.05, 0) is 74.4 Å². The average molecular weight is 472 g/mol. The number of fused-ring (bicyclic) bond motifs is 3. The number of sulfonamides is 1. The Labute approximate surface area is 191 Å². The van der Waals surface area contributed by atoms with Gasteiger partial charge in [-0.3, -0.25) is 0 Å². The van der Waals surface area contributed by atoms with E-state index in [1.165, 1.54) is 11.1 Å². The van der Waals surface area contributed by atoms with E-state index in [-0.39, 0.29) is 4.34 Å². The normalized spacial score (nSPS) is 17.3. The van der Waals surface area contributed by atoms with E-state index >= 15 is 0 Å². The van der Waals surface area contributed by atoms with E-state index in [1.54, 1.807) is 0 Å². The first-order valence-electron chi connectivity index (χ1n) is 10.8. The molecule has 0 spiro atoms. The van der Waals surface area contributed by atoms with Crippen LogP contribution in [0.5, 0.6) is 0 Å². The van der Waals surface area contributed by atoms with Gasteiger partial charge in [0, 0.05) is 35.9 Å². The number of carbonyl (C=O) groups excluding carboxylic acids is 1. The van der Waals surface area contributed by atoms with Gasteiger partial charge >= 0.3 is 16.1 Å². The molecule has 5 rings (SSSR count). The lowest BCUT2D eigenvalue weighted by Gasteiger charge is -2.20. The molecule has 0 fully saturated rings. The van der Waals surface area contributed by atoms with Gasteiger partial charge < -0.3 is 10.2 Å². The predicted molar refractivity (Wildman–Crippen MR) is 124 cm³/mol. The van der Waals surface area contributed by atoms with Crippen molar-refractivity contribution in [3.05, 3.63) is 45.5 Å². The predicted octanol–water partition coefficient (Wildman–Crippen LogP) is 3.10. The molecule has 1 aromatic heterocycles. The van der Waals surface area contributed by atoms with Gasteiger partial charge in [0.15, 0.2) is 0 Å². The summed E-state index contributed by atoms with van der Waals surface area (Å²) in [6, 6.07) is 1.43. The molecule has 0 bridgehead atoms. The molecule has 0 radical (unpaired) electrons. The second kappa shape index (κ2) is 8.12. The molecule has 1 aliphatic heterocycles. The minimum absolute atomic E-state index is 0.129. The third kappa shape index (κ3) is 3.57. The first-order chi connectivity index (χ1) is 15.4. The minimum Gasteiger partial charge on any atom is -0.305 e. The van der Waals surface area contributed by atoms with E-state index < -0.39 is 16.1 Å². The SMILES string of the molecule is C=C=NN(C(=O)Nc1c2c(cc3c1CCC3)CCC2)S(=O)(=O)c1nc2c(s1)CN(C)CC2. The molecule has 1 aromatic carbocycles. The Bertz CT molecular complexity index is 1230. The molecule has 0 atom stereocenters. The number of carbonyl (C=O) groups is 1. The standard InChI is InChI=1S/C22H25N5O3S2/c1-3-23-27(32(29,30)22-24-18-10-11-26(2)13-19(18)31-22)21(28)25-20-16-8-4-6-14(16)12-15-7-5-9-17(15)20/h12H,1,4-11,13H2,2H3,(H,25,28). The summed E-state index contributed by atoms with van der Waals surface area (Å²) in [5.74, 6) is 2.21. The van der Waals surface area contributed by atoms with Gasteiger partial charge in [0.25, 0.3) is 0 Å². The number of likely N-dealkylation sites (N-methyl/N-ethyl adjacent to an activating group) is 1. The van der Waals surface area contributed by atoms with Gasteiger partial charge in [0.2, 0.25) is 4.34 Å². The highest BCUT2D eigenvalue weighted by Crippen LogP contribution is 2.39. The zero-order valence-electron chi connectivity index (χ0n) is 18.0. The molecule has 2 amide bonds. The summed E-state index contributed by atoms with van der Waals surface area (Å²) < 4.78 is 27.0. The Morgan fingerprint density at radius 3 is 2.56 bits per heavy atom. The van der Waals surface area contributed by atoms with Gasteiger partial charge in [-0.2, -0.15) is 8.42 Å². The molecule has 0 saturated carbocycles. The number of aromatic nitrogens is 1. The first kappa shape index (κ1) is 21.3. The molecule has 3 aliphatic rings. The largest absolute Gasteiger partial charge is 0.357 e.